The predicted molar refractivity (Wildman–Crippen MR) is 217 cm³/mol. The predicted octanol–water partition coefficient (Wildman–Crippen LogP) is 8.66. The lowest BCUT2D eigenvalue weighted by Crippen LogP contribution is -2.35. The Morgan fingerprint density at radius 1 is 0.571 bits per heavy atom. The van der Waals surface area contributed by atoms with Gasteiger partial charge in [0.05, 0.1) is 0 Å². The standard InChI is InChI=1S/C33H32N2O4.C14H12O3/c36-30-20-19-27(23-31(30)39-24-26-15-6-2-7-16-26)22-29(35-32(37)28-17-8-3-9-18-28)33(38)34-21-11-10-14-25-12-4-1-5-13-25;15-9-12-6-7-13(16)14(8-12)17-10-11-4-2-1-3-5-11/h1-9,12-13,15-20,22-23,36H,10-11,14,21,24H2,(H,34,38)(H,35,37);1-9,16H,10H2. The van der Waals surface area contributed by atoms with E-state index in [1.54, 1.807) is 42.5 Å². The number of hydrogen-bond donors (Lipinski definition) is 4. The monoisotopic (exact) mass is 748 g/mol. The largest absolute Gasteiger partial charge is 0.504 e. The molecule has 0 aliphatic rings. The molecule has 0 bridgehead atoms. The molecule has 0 aliphatic heterocycles. The highest BCUT2D eigenvalue weighted by Crippen LogP contribution is 2.29. The Hall–Kier alpha value is -7.13. The average Bonchev–Trinajstić information content (AvgIpc) is 3.24. The Kier molecular flexibility index (Phi) is 15.4. The minimum Gasteiger partial charge on any atom is -0.504 e. The molecule has 0 atom stereocenters. The number of benzene rings is 6. The fourth-order valence-corrected chi connectivity index (χ4v) is 5.43. The SMILES string of the molecule is O=C(NCCCCc1ccccc1)C(=Cc1ccc(O)c(OCc2ccccc2)c1)NC(=O)c1ccccc1.O=Cc1ccc(O)c(OCc2ccccc2)c1. The van der Waals surface area contributed by atoms with Crippen LogP contribution in [0.3, 0.4) is 0 Å². The lowest BCUT2D eigenvalue weighted by atomic mass is 10.1. The van der Waals surface area contributed by atoms with Crippen molar-refractivity contribution in [2.45, 2.75) is 32.5 Å². The van der Waals surface area contributed by atoms with Gasteiger partial charge >= 0.3 is 0 Å². The van der Waals surface area contributed by atoms with Crippen LogP contribution >= 0.6 is 0 Å². The number of phenolic OH excluding ortho intramolecular Hbond substituents is 2. The molecule has 0 radical (unpaired) electrons. The summed E-state index contributed by atoms with van der Waals surface area (Å²) in [5, 5.41) is 25.5. The van der Waals surface area contributed by atoms with Crippen LogP contribution in [0.5, 0.6) is 23.0 Å². The first-order valence-corrected chi connectivity index (χ1v) is 18.2. The van der Waals surface area contributed by atoms with Gasteiger partial charge in [-0.05, 0) is 90.1 Å². The van der Waals surface area contributed by atoms with Gasteiger partial charge in [0.25, 0.3) is 11.8 Å². The second-order valence-electron chi connectivity index (χ2n) is 12.7. The van der Waals surface area contributed by atoms with Crippen LogP contribution < -0.4 is 20.1 Å². The van der Waals surface area contributed by atoms with Gasteiger partial charge in [0.2, 0.25) is 0 Å². The van der Waals surface area contributed by atoms with E-state index in [9.17, 15) is 24.6 Å². The molecule has 0 heterocycles. The number of rotatable bonds is 16. The highest BCUT2D eigenvalue weighted by Gasteiger charge is 2.15. The molecule has 6 aromatic carbocycles. The van der Waals surface area contributed by atoms with Crippen molar-refractivity contribution in [3.05, 3.63) is 197 Å². The van der Waals surface area contributed by atoms with Gasteiger partial charge in [0.15, 0.2) is 23.0 Å². The summed E-state index contributed by atoms with van der Waals surface area (Å²) in [7, 11) is 0. The van der Waals surface area contributed by atoms with E-state index < -0.39 is 0 Å². The van der Waals surface area contributed by atoms with Gasteiger partial charge in [-0.25, -0.2) is 0 Å². The molecule has 9 heteroatoms. The highest BCUT2D eigenvalue weighted by atomic mass is 16.5. The minimum absolute atomic E-state index is 0.0131. The minimum atomic E-state index is -0.390. The van der Waals surface area contributed by atoms with Gasteiger partial charge in [0, 0.05) is 17.7 Å². The molecule has 0 fully saturated rings. The third-order valence-electron chi connectivity index (χ3n) is 8.44. The number of phenols is 2. The lowest BCUT2D eigenvalue weighted by molar-refractivity contribution is -0.117. The van der Waals surface area contributed by atoms with Crippen molar-refractivity contribution >= 4 is 24.2 Å². The van der Waals surface area contributed by atoms with Crippen molar-refractivity contribution in [3.63, 3.8) is 0 Å². The first-order valence-electron chi connectivity index (χ1n) is 18.2. The lowest BCUT2D eigenvalue weighted by Gasteiger charge is -2.13. The molecule has 6 aromatic rings. The van der Waals surface area contributed by atoms with Gasteiger partial charge < -0.3 is 30.3 Å². The van der Waals surface area contributed by atoms with Crippen LogP contribution in [0.15, 0.2) is 163 Å². The summed E-state index contributed by atoms with van der Waals surface area (Å²) in [5.41, 5.74) is 4.84. The smallest absolute Gasteiger partial charge is 0.267 e. The van der Waals surface area contributed by atoms with Crippen molar-refractivity contribution < 1.29 is 34.1 Å². The van der Waals surface area contributed by atoms with Crippen LogP contribution in [0.2, 0.25) is 0 Å². The summed E-state index contributed by atoms with van der Waals surface area (Å²) in [5.74, 6) is -0.160. The van der Waals surface area contributed by atoms with Crippen LogP contribution in [-0.2, 0) is 24.4 Å². The van der Waals surface area contributed by atoms with Crippen molar-refractivity contribution in [3.8, 4) is 23.0 Å². The normalized spacial score (nSPS) is 10.7. The summed E-state index contributed by atoms with van der Waals surface area (Å²) in [6.45, 7) is 1.12. The zero-order valence-electron chi connectivity index (χ0n) is 30.8. The summed E-state index contributed by atoms with van der Waals surface area (Å²) in [6, 6.07) is 47.5. The zero-order valence-corrected chi connectivity index (χ0v) is 30.8. The van der Waals surface area contributed by atoms with Crippen molar-refractivity contribution in [1.82, 2.24) is 10.6 Å². The number of ether oxygens (including phenoxy) is 2. The van der Waals surface area contributed by atoms with E-state index in [1.807, 2.05) is 84.9 Å². The molecule has 0 aliphatic carbocycles. The molecule has 0 spiro atoms. The second-order valence-corrected chi connectivity index (χ2v) is 12.7. The molecular formula is C47H44N2O7. The van der Waals surface area contributed by atoms with Crippen LogP contribution in [0.4, 0.5) is 0 Å². The molecule has 4 N–H and O–H groups in total. The van der Waals surface area contributed by atoms with E-state index in [4.69, 9.17) is 9.47 Å². The number of aryl methyl sites for hydroxylation is 1. The molecule has 9 nitrogen and oxygen atoms in total. The molecule has 0 aromatic heterocycles. The Morgan fingerprint density at radius 3 is 1.59 bits per heavy atom. The van der Waals surface area contributed by atoms with Gasteiger partial charge in [-0.2, -0.15) is 0 Å². The Morgan fingerprint density at radius 2 is 1.05 bits per heavy atom. The molecule has 0 unspecified atom stereocenters. The maximum atomic E-state index is 13.1. The third kappa shape index (κ3) is 13.1. The molecule has 56 heavy (non-hydrogen) atoms. The van der Waals surface area contributed by atoms with E-state index in [0.717, 1.165) is 36.7 Å². The number of hydrogen-bond acceptors (Lipinski definition) is 7. The second kappa shape index (κ2) is 21.5. The molecule has 0 saturated carbocycles. The summed E-state index contributed by atoms with van der Waals surface area (Å²) in [4.78, 5) is 36.6. The number of carbonyl (C=O) groups excluding carboxylic acids is 3. The number of unbranched alkanes of at least 4 members (excludes halogenated alkanes) is 1. The average molecular weight is 749 g/mol. The number of aromatic hydroxyl groups is 2. The van der Waals surface area contributed by atoms with E-state index in [1.165, 1.54) is 29.8 Å². The molecule has 284 valence electrons. The van der Waals surface area contributed by atoms with Gasteiger partial charge in [-0.3, -0.25) is 14.4 Å². The molecular weight excluding hydrogens is 705 g/mol. The van der Waals surface area contributed by atoms with Gasteiger partial charge in [0.1, 0.15) is 25.2 Å². The van der Waals surface area contributed by atoms with Gasteiger partial charge in [-0.1, -0.05) is 115 Å². The first kappa shape index (κ1) is 40.1. The Bertz CT molecular complexity index is 2180. The fraction of sp³-hybridized carbons (Fsp3) is 0.128. The highest BCUT2D eigenvalue weighted by molar-refractivity contribution is 6.05. The Balaban J connectivity index is 0.000000293. The van der Waals surface area contributed by atoms with Crippen LogP contribution in [0.25, 0.3) is 6.08 Å². The zero-order chi connectivity index (χ0) is 39.4. The molecule has 2 amide bonds. The van der Waals surface area contributed by atoms with Crippen LogP contribution in [0, 0.1) is 0 Å². The summed E-state index contributed by atoms with van der Waals surface area (Å²) in [6.07, 6.45) is 4.96. The number of amides is 2. The fourth-order valence-electron chi connectivity index (χ4n) is 5.43. The van der Waals surface area contributed by atoms with Gasteiger partial charge in [-0.15, -0.1) is 0 Å². The van der Waals surface area contributed by atoms with Crippen LogP contribution in [-0.4, -0.2) is 34.9 Å². The van der Waals surface area contributed by atoms with Crippen LogP contribution in [0.1, 0.15) is 55.8 Å². The van der Waals surface area contributed by atoms with Crippen molar-refractivity contribution in [1.29, 1.82) is 0 Å². The summed E-state index contributed by atoms with van der Waals surface area (Å²) < 4.78 is 11.3. The van der Waals surface area contributed by atoms with E-state index >= 15 is 0 Å². The van der Waals surface area contributed by atoms with E-state index in [0.29, 0.717) is 35.6 Å². The first-order chi connectivity index (χ1) is 27.4. The maximum Gasteiger partial charge on any atom is 0.267 e. The number of nitrogens with one attached hydrogen (secondary N) is 2. The van der Waals surface area contributed by atoms with Crippen molar-refractivity contribution in [2.24, 2.45) is 0 Å². The number of aldehydes is 1. The quantitative estimate of drug-likeness (QED) is 0.0442. The number of carbonyl (C=O) groups is 3. The Labute approximate surface area is 326 Å². The maximum absolute atomic E-state index is 13.1. The summed E-state index contributed by atoms with van der Waals surface area (Å²) >= 11 is 0. The van der Waals surface area contributed by atoms with E-state index in [2.05, 4.69) is 22.8 Å². The molecule has 6 rings (SSSR count). The van der Waals surface area contributed by atoms with Crippen molar-refractivity contribution in [2.75, 3.05) is 6.54 Å². The van der Waals surface area contributed by atoms with E-state index in [-0.39, 0.29) is 41.4 Å². The third-order valence-corrected chi connectivity index (χ3v) is 8.44. The molecule has 0 saturated heterocycles. The topological polar surface area (TPSA) is 134 Å².